The van der Waals surface area contributed by atoms with Gasteiger partial charge in [-0.05, 0) is 80.0 Å². The number of thiophene rings is 1. The lowest BCUT2D eigenvalue weighted by molar-refractivity contribution is -0.144. The van der Waals surface area contributed by atoms with Crippen LogP contribution in [-0.4, -0.2) is 98.2 Å². The number of methoxy groups -OCH3 is 1. The van der Waals surface area contributed by atoms with E-state index < -0.39 is 47.9 Å². The molecule has 69 heavy (non-hydrogen) atoms. The molecule has 3 aromatic heterocycles. The van der Waals surface area contributed by atoms with Crippen LogP contribution >= 0.6 is 22.7 Å². The lowest BCUT2D eigenvalue weighted by Crippen LogP contribution is -2.58. The van der Waals surface area contributed by atoms with Crippen LogP contribution in [0.25, 0.3) is 26.6 Å². The van der Waals surface area contributed by atoms with Crippen molar-refractivity contribution < 1.29 is 29.0 Å². The molecule has 3 aromatic carbocycles. The number of benzene rings is 3. The third-order valence-electron chi connectivity index (χ3n) is 12.8. The van der Waals surface area contributed by atoms with Crippen molar-refractivity contribution in [3.63, 3.8) is 0 Å². The molecule has 1 saturated heterocycles. The fraction of sp³-hybridized carbons (Fsp3) is 0.385. The third kappa shape index (κ3) is 10.1. The fourth-order valence-electron chi connectivity index (χ4n) is 8.92. The van der Waals surface area contributed by atoms with Crippen LogP contribution in [0.4, 0.5) is 0 Å². The van der Waals surface area contributed by atoms with Gasteiger partial charge in [0.05, 0.1) is 39.5 Å². The van der Waals surface area contributed by atoms with Crippen molar-refractivity contribution in [2.24, 2.45) is 10.4 Å². The zero-order valence-corrected chi connectivity index (χ0v) is 41.9. The monoisotopic (exact) mass is 967 g/mol. The molecular formula is C52H57N9O6S2. The quantitative estimate of drug-likeness (QED) is 0.0965. The number of nitrogens with zero attached hydrogens (tertiary/aromatic N) is 7. The Balaban J connectivity index is 0.930. The van der Waals surface area contributed by atoms with Crippen LogP contribution in [0.5, 0.6) is 5.75 Å². The van der Waals surface area contributed by atoms with Gasteiger partial charge in [-0.1, -0.05) is 75.4 Å². The number of rotatable bonds is 14. The van der Waals surface area contributed by atoms with Gasteiger partial charge in [0.2, 0.25) is 11.8 Å². The first-order valence-electron chi connectivity index (χ1n) is 22.9. The molecular weight excluding hydrogens is 911 g/mol. The van der Waals surface area contributed by atoms with E-state index in [0.717, 1.165) is 71.9 Å². The van der Waals surface area contributed by atoms with Crippen molar-refractivity contribution >= 4 is 46.1 Å². The van der Waals surface area contributed by atoms with E-state index in [0.29, 0.717) is 13.0 Å². The van der Waals surface area contributed by atoms with Crippen molar-refractivity contribution in [2.45, 2.75) is 98.5 Å². The first-order chi connectivity index (χ1) is 33.0. The molecule has 5 atom stereocenters. The summed E-state index contributed by atoms with van der Waals surface area (Å²) in [5, 5.41) is 36.8. The van der Waals surface area contributed by atoms with E-state index in [1.165, 1.54) is 9.78 Å². The van der Waals surface area contributed by atoms with Gasteiger partial charge in [-0.15, -0.1) is 32.9 Å². The van der Waals surface area contributed by atoms with Gasteiger partial charge in [-0.25, -0.2) is 4.98 Å². The van der Waals surface area contributed by atoms with Gasteiger partial charge in [0.1, 0.15) is 40.8 Å². The summed E-state index contributed by atoms with van der Waals surface area (Å²) in [7, 11) is 1.68. The van der Waals surface area contributed by atoms with Crippen LogP contribution in [0.3, 0.4) is 0 Å². The van der Waals surface area contributed by atoms with Gasteiger partial charge in [0.25, 0.3) is 5.91 Å². The van der Waals surface area contributed by atoms with Gasteiger partial charge in [-0.3, -0.25) is 23.9 Å². The Bertz CT molecular complexity index is 2960. The number of amides is 3. The summed E-state index contributed by atoms with van der Waals surface area (Å²) in [4.78, 5) is 54.9. The van der Waals surface area contributed by atoms with Gasteiger partial charge >= 0.3 is 0 Å². The van der Waals surface area contributed by atoms with E-state index in [-0.39, 0.29) is 36.4 Å². The number of nitriles is 1. The van der Waals surface area contributed by atoms with Crippen molar-refractivity contribution in [3.05, 3.63) is 122 Å². The van der Waals surface area contributed by atoms with E-state index in [1.807, 2.05) is 102 Å². The summed E-state index contributed by atoms with van der Waals surface area (Å²) in [5.41, 5.74) is 9.80. The molecule has 2 unspecified atom stereocenters. The Morgan fingerprint density at radius 1 is 0.957 bits per heavy atom. The number of carbonyl (C=O) groups excluding carboxylic acids is 3. The molecule has 3 amide bonds. The lowest BCUT2D eigenvalue weighted by atomic mass is 9.85. The van der Waals surface area contributed by atoms with Crippen molar-refractivity contribution in [1.29, 1.82) is 5.26 Å². The van der Waals surface area contributed by atoms with E-state index in [1.54, 1.807) is 41.9 Å². The maximum absolute atomic E-state index is 14.3. The minimum Gasteiger partial charge on any atom is -0.482 e. The van der Waals surface area contributed by atoms with Gasteiger partial charge < -0.3 is 30.1 Å². The number of nitrogens with one attached hydrogen (secondary N) is 2. The number of β-amino-alcohol motifs (C(OH)–C–C–N with tert-alkyl or cyclic N) is 1. The molecule has 15 nitrogen and oxygen atoms in total. The number of thiazole rings is 1. The minimum atomic E-state index is -1.06. The SMILES string of the molecule is COCC[C@@H]1N=C(c2ccc(-c3ccc(OCC(=O)NC(C(=O)N4C[C@H](O)C[C@H]4C(=O)NC(C)c4ccc(-c5scnc5C)cc4)C(C)(C)C)c(C#N)c3)cc2)c2c(sc(C)c2C)-n2c(C)nnc21. The smallest absolute Gasteiger partial charge is 0.258 e. The van der Waals surface area contributed by atoms with Crippen LogP contribution in [0.1, 0.15) is 103 Å². The second kappa shape index (κ2) is 20.2. The Hall–Kier alpha value is -6.58. The van der Waals surface area contributed by atoms with Crippen molar-refractivity contribution in [2.75, 3.05) is 26.9 Å². The summed E-state index contributed by atoms with van der Waals surface area (Å²) in [6, 6.07) is 20.7. The molecule has 3 N–H and O–H groups in total. The number of aliphatic imine (C=N–C) groups is 1. The average Bonchev–Trinajstić information content (AvgIpc) is 4.10. The van der Waals surface area contributed by atoms with Crippen LogP contribution in [0.15, 0.2) is 77.2 Å². The van der Waals surface area contributed by atoms with Crippen LogP contribution < -0.4 is 15.4 Å². The standard InChI is InChI=1S/C52H57N9O6S2/c1-28-31(4)69-51-44(28)45(56-40(20-21-66-9)48-59-58-32(5)61(48)51)35-14-12-34(13-15-35)37-18-19-42(38(22-37)24-53)67-26-43(63)57-47(52(6,7)8)50(65)60-25-39(62)23-41(60)49(64)55-29(2)33-10-16-36(17-11-33)46-30(3)54-27-68-46/h10-19,22,27,29,39-41,47,62H,20-21,23,25-26H2,1-9H3,(H,55,64)(H,57,63)/t29?,39-,40+,41+,47?/m1/s1. The molecule has 1 fully saturated rings. The highest BCUT2D eigenvalue weighted by molar-refractivity contribution is 7.15. The number of aliphatic hydroxyl groups excluding tert-OH is 1. The summed E-state index contributed by atoms with van der Waals surface area (Å²) in [6.07, 6.45) is -0.217. The topological polar surface area (TPSA) is 197 Å². The van der Waals surface area contributed by atoms with E-state index in [4.69, 9.17) is 14.5 Å². The highest BCUT2D eigenvalue weighted by Gasteiger charge is 2.45. The number of hydrogen-bond donors (Lipinski definition) is 3. The van der Waals surface area contributed by atoms with Crippen LogP contribution in [0, 0.1) is 44.4 Å². The molecule has 17 heteroatoms. The number of ether oxygens (including phenoxy) is 2. The molecule has 0 bridgehead atoms. The molecule has 0 radical (unpaired) electrons. The Kier molecular flexibility index (Phi) is 14.3. The first-order valence-corrected chi connectivity index (χ1v) is 24.6. The fourth-order valence-corrected chi connectivity index (χ4v) is 10.9. The minimum absolute atomic E-state index is 0.0584. The van der Waals surface area contributed by atoms with Crippen molar-refractivity contribution in [3.8, 4) is 38.4 Å². The second-order valence-electron chi connectivity index (χ2n) is 18.7. The van der Waals surface area contributed by atoms with Gasteiger partial charge in [-0.2, -0.15) is 5.26 Å². The largest absolute Gasteiger partial charge is 0.482 e. The molecule has 358 valence electrons. The second-order valence-corrected chi connectivity index (χ2v) is 20.8. The molecule has 5 heterocycles. The summed E-state index contributed by atoms with van der Waals surface area (Å²) < 4.78 is 13.5. The lowest BCUT2D eigenvalue weighted by Gasteiger charge is -2.35. The van der Waals surface area contributed by atoms with Gasteiger partial charge in [0, 0.05) is 49.1 Å². The third-order valence-corrected chi connectivity index (χ3v) is 15.0. The Morgan fingerprint density at radius 2 is 1.65 bits per heavy atom. The number of hydrogen-bond acceptors (Lipinski definition) is 13. The number of carbonyl (C=O) groups is 3. The number of aromatic nitrogens is 4. The Morgan fingerprint density at radius 3 is 2.32 bits per heavy atom. The molecule has 0 spiro atoms. The molecule has 0 aliphatic carbocycles. The van der Waals surface area contributed by atoms with E-state index in [2.05, 4.69) is 50.3 Å². The molecule has 0 saturated carbocycles. The van der Waals surface area contributed by atoms with Crippen LogP contribution in [-0.2, 0) is 19.1 Å². The molecule has 8 rings (SSSR count). The van der Waals surface area contributed by atoms with E-state index in [9.17, 15) is 24.8 Å². The van der Waals surface area contributed by atoms with Gasteiger partial charge in [0.15, 0.2) is 12.4 Å². The maximum atomic E-state index is 14.3. The average molecular weight is 968 g/mol. The van der Waals surface area contributed by atoms with Crippen molar-refractivity contribution in [1.82, 2.24) is 35.3 Å². The van der Waals surface area contributed by atoms with Crippen LogP contribution in [0.2, 0.25) is 0 Å². The number of likely N-dealkylation sites (tertiary alicyclic amines) is 1. The molecule has 2 aliphatic rings. The predicted octanol–water partition coefficient (Wildman–Crippen LogP) is 7.90. The number of fused-ring (bicyclic) bond motifs is 3. The normalized spacial score (nSPS) is 17.5. The maximum Gasteiger partial charge on any atom is 0.258 e. The number of aliphatic hydroxyl groups is 1. The zero-order valence-electron chi connectivity index (χ0n) is 40.3. The first kappa shape index (κ1) is 48.9. The molecule has 6 aromatic rings. The zero-order chi connectivity index (χ0) is 49.3. The highest BCUT2D eigenvalue weighted by atomic mass is 32.1. The summed E-state index contributed by atoms with van der Waals surface area (Å²) >= 11 is 3.27. The van der Waals surface area contributed by atoms with E-state index >= 15 is 0 Å². The predicted molar refractivity (Wildman–Crippen MR) is 267 cm³/mol. The Labute approximate surface area is 410 Å². The number of aryl methyl sites for hydroxylation is 3. The highest BCUT2D eigenvalue weighted by Crippen LogP contribution is 2.40. The summed E-state index contributed by atoms with van der Waals surface area (Å²) in [5.74, 6) is 0.324. The summed E-state index contributed by atoms with van der Waals surface area (Å²) in [6.45, 7) is 15.5. The molecule has 2 aliphatic heterocycles.